The second kappa shape index (κ2) is 8.92. The van der Waals surface area contributed by atoms with Gasteiger partial charge in [-0.2, -0.15) is 16.9 Å². The molecule has 1 aliphatic heterocycles. The highest BCUT2D eigenvalue weighted by Gasteiger charge is 2.24. The van der Waals surface area contributed by atoms with Gasteiger partial charge >= 0.3 is 0 Å². The molecule has 0 spiro atoms. The van der Waals surface area contributed by atoms with Crippen LogP contribution in [-0.2, 0) is 0 Å². The van der Waals surface area contributed by atoms with Crippen LogP contribution in [0.3, 0.4) is 0 Å². The summed E-state index contributed by atoms with van der Waals surface area (Å²) in [6.45, 7) is 6.01. The topological polar surface area (TPSA) is 69.2 Å². The highest BCUT2D eigenvalue weighted by molar-refractivity contribution is 7.98. The monoisotopic (exact) mass is 310 g/mol. The van der Waals surface area contributed by atoms with Crippen molar-refractivity contribution in [2.24, 2.45) is 4.99 Å². The summed E-state index contributed by atoms with van der Waals surface area (Å²) in [4.78, 5) is 11.4. The average molecular weight is 310 g/mol. The van der Waals surface area contributed by atoms with Crippen LogP contribution in [0.1, 0.15) is 37.9 Å². The lowest BCUT2D eigenvalue weighted by Gasteiger charge is -2.33. The Morgan fingerprint density at radius 2 is 2.33 bits per heavy atom. The van der Waals surface area contributed by atoms with E-state index in [-0.39, 0.29) is 0 Å². The van der Waals surface area contributed by atoms with Gasteiger partial charge in [0, 0.05) is 32.1 Å². The van der Waals surface area contributed by atoms with Crippen LogP contribution >= 0.6 is 11.8 Å². The number of piperidine rings is 1. The molecule has 1 saturated heterocycles. The largest absolute Gasteiger partial charge is 0.357 e. The molecule has 2 heterocycles. The molecule has 0 saturated carbocycles. The zero-order valence-electron chi connectivity index (χ0n) is 13.0. The summed E-state index contributed by atoms with van der Waals surface area (Å²) in [5.41, 5.74) is 0. The molecule has 0 unspecified atom stereocenters. The highest BCUT2D eigenvalue weighted by Crippen LogP contribution is 2.24. The second-order valence-electron chi connectivity index (χ2n) is 5.21. The van der Waals surface area contributed by atoms with Crippen LogP contribution in [0.2, 0.25) is 0 Å². The van der Waals surface area contributed by atoms with E-state index in [2.05, 4.69) is 38.6 Å². The lowest BCUT2D eigenvalue weighted by molar-refractivity contribution is 0.299. The van der Waals surface area contributed by atoms with Gasteiger partial charge in [0.2, 0.25) is 0 Å². The van der Waals surface area contributed by atoms with Crippen molar-refractivity contribution in [3.63, 3.8) is 0 Å². The first-order valence-electron chi connectivity index (χ1n) is 7.72. The van der Waals surface area contributed by atoms with Crippen molar-refractivity contribution in [3.05, 3.63) is 12.2 Å². The van der Waals surface area contributed by atoms with Gasteiger partial charge in [0.25, 0.3) is 0 Å². The zero-order chi connectivity index (χ0) is 14.9. The second-order valence-corrected chi connectivity index (χ2v) is 6.20. The lowest BCUT2D eigenvalue weighted by atomic mass is 9.96. The fourth-order valence-electron chi connectivity index (χ4n) is 2.60. The maximum atomic E-state index is 4.74. The number of likely N-dealkylation sites (tertiary alicyclic amines) is 1. The quantitative estimate of drug-likeness (QED) is 0.475. The molecule has 2 rings (SSSR count). The Hall–Kier alpha value is -1.24. The molecule has 0 bridgehead atoms. The van der Waals surface area contributed by atoms with Gasteiger partial charge in [0.1, 0.15) is 12.2 Å². The van der Waals surface area contributed by atoms with Crippen LogP contribution in [0.25, 0.3) is 0 Å². The first kappa shape index (κ1) is 16.1. The van der Waals surface area contributed by atoms with E-state index in [1.807, 2.05) is 11.8 Å². The minimum atomic E-state index is 0.503. The molecule has 0 amide bonds. The van der Waals surface area contributed by atoms with Gasteiger partial charge in [-0.3, -0.25) is 10.1 Å². The zero-order valence-corrected chi connectivity index (χ0v) is 13.8. The number of thioether (sulfide) groups is 1. The summed E-state index contributed by atoms with van der Waals surface area (Å²) in [6.07, 6.45) is 7.08. The third-order valence-electron chi connectivity index (χ3n) is 3.72. The van der Waals surface area contributed by atoms with Crippen molar-refractivity contribution in [1.29, 1.82) is 0 Å². The number of aliphatic imine (C=N–C) groups is 1. The first-order chi connectivity index (χ1) is 10.3. The van der Waals surface area contributed by atoms with E-state index < -0.39 is 0 Å². The SMILES string of the molecule is CCNC(=NCCCSC)N1CCC(c2ncn[nH]2)CC1. The molecule has 0 radical (unpaired) electrons. The van der Waals surface area contributed by atoms with Crippen molar-refractivity contribution in [1.82, 2.24) is 25.4 Å². The Labute approximate surface area is 131 Å². The lowest BCUT2D eigenvalue weighted by Crippen LogP contribution is -2.45. The number of aromatic amines is 1. The summed E-state index contributed by atoms with van der Waals surface area (Å²) < 4.78 is 0. The molecule has 0 aromatic carbocycles. The van der Waals surface area contributed by atoms with Crippen LogP contribution < -0.4 is 5.32 Å². The smallest absolute Gasteiger partial charge is 0.193 e. The van der Waals surface area contributed by atoms with Crippen LogP contribution in [0.4, 0.5) is 0 Å². The van der Waals surface area contributed by atoms with Gasteiger partial charge in [-0.1, -0.05) is 0 Å². The Morgan fingerprint density at radius 1 is 1.52 bits per heavy atom. The van der Waals surface area contributed by atoms with E-state index in [1.54, 1.807) is 6.33 Å². The molecule has 0 atom stereocenters. The van der Waals surface area contributed by atoms with Crippen molar-refractivity contribution in [2.45, 2.75) is 32.1 Å². The van der Waals surface area contributed by atoms with E-state index in [4.69, 9.17) is 4.99 Å². The van der Waals surface area contributed by atoms with Crippen molar-refractivity contribution in [2.75, 3.05) is 38.2 Å². The summed E-state index contributed by atoms with van der Waals surface area (Å²) in [7, 11) is 0. The van der Waals surface area contributed by atoms with Crippen molar-refractivity contribution < 1.29 is 0 Å². The molecule has 21 heavy (non-hydrogen) atoms. The molecular weight excluding hydrogens is 284 g/mol. The molecule has 1 aromatic heterocycles. The number of hydrogen-bond acceptors (Lipinski definition) is 4. The number of rotatable bonds is 6. The normalized spacial score (nSPS) is 17.2. The number of guanidine groups is 1. The summed E-state index contributed by atoms with van der Waals surface area (Å²) in [5.74, 6) is 3.77. The third kappa shape index (κ3) is 4.91. The Bertz CT molecular complexity index is 411. The Balaban J connectivity index is 1.84. The summed E-state index contributed by atoms with van der Waals surface area (Å²) >= 11 is 1.88. The summed E-state index contributed by atoms with van der Waals surface area (Å²) in [6, 6.07) is 0. The maximum Gasteiger partial charge on any atom is 0.193 e. The minimum Gasteiger partial charge on any atom is -0.357 e. The van der Waals surface area contributed by atoms with Gasteiger partial charge in [-0.25, -0.2) is 4.98 Å². The number of hydrogen-bond donors (Lipinski definition) is 2. The van der Waals surface area contributed by atoms with E-state index in [0.29, 0.717) is 5.92 Å². The van der Waals surface area contributed by atoms with Gasteiger partial charge in [-0.05, 0) is 38.2 Å². The van der Waals surface area contributed by atoms with Crippen molar-refractivity contribution in [3.8, 4) is 0 Å². The van der Waals surface area contributed by atoms with Gasteiger partial charge in [-0.15, -0.1) is 0 Å². The van der Waals surface area contributed by atoms with E-state index in [1.165, 1.54) is 5.75 Å². The van der Waals surface area contributed by atoms with Crippen LogP contribution in [-0.4, -0.2) is 64.2 Å². The number of H-pyrrole nitrogens is 1. The molecule has 6 nitrogen and oxygen atoms in total. The van der Waals surface area contributed by atoms with Crippen LogP contribution in [0, 0.1) is 0 Å². The molecule has 2 N–H and O–H groups in total. The predicted octanol–water partition coefficient (Wildman–Crippen LogP) is 1.70. The minimum absolute atomic E-state index is 0.503. The standard InChI is InChI=1S/C14H26N6S/c1-3-15-14(16-7-4-10-21-2)20-8-5-12(6-9-20)13-17-11-18-19-13/h11-12H,3-10H2,1-2H3,(H,15,16)(H,17,18,19). The van der Waals surface area contributed by atoms with E-state index in [9.17, 15) is 0 Å². The van der Waals surface area contributed by atoms with Crippen molar-refractivity contribution >= 4 is 17.7 Å². The molecular formula is C14H26N6S. The number of nitrogens with one attached hydrogen (secondary N) is 2. The fourth-order valence-corrected chi connectivity index (χ4v) is 3.01. The van der Waals surface area contributed by atoms with Gasteiger partial charge in [0.05, 0.1) is 0 Å². The fraction of sp³-hybridized carbons (Fsp3) is 0.786. The molecule has 1 fully saturated rings. The van der Waals surface area contributed by atoms with E-state index >= 15 is 0 Å². The molecule has 0 aliphatic carbocycles. The first-order valence-corrected chi connectivity index (χ1v) is 9.12. The molecule has 118 valence electrons. The Kier molecular flexibility index (Phi) is 6.85. The molecule has 1 aliphatic rings. The molecule has 1 aromatic rings. The Morgan fingerprint density at radius 3 is 2.95 bits per heavy atom. The van der Waals surface area contributed by atoms with Crippen LogP contribution in [0.5, 0.6) is 0 Å². The number of nitrogens with zero attached hydrogens (tertiary/aromatic N) is 4. The van der Waals surface area contributed by atoms with Gasteiger partial charge in [0.15, 0.2) is 5.96 Å². The predicted molar refractivity (Wildman–Crippen MR) is 88.9 cm³/mol. The third-order valence-corrected chi connectivity index (χ3v) is 4.41. The molecule has 7 heteroatoms. The van der Waals surface area contributed by atoms with Crippen LogP contribution in [0.15, 0.2) is 11.3 Å². The number of aromatic nitrogens is 3. The van der Waals surface area contributed by atoms with Gasteiger partial charge < -0.3 is 10.2 Å². The average Bonchev–Trinajstić information content (AvgIpc) is 3.05. The van der Waals surface area contributed by atoms with E-state index in [0.717, 1.165) is 57.2 Å². The highest BCUT2D eigenvalue weighted by atomic mass is 32.2. The maximum absolute atomic E-state index is 4.74. The summed E-state index contributed by atoms with van der Waals surface area (Å²) in [5, 5.41) is 10.4.